The molecule has 0 unspecified atom stereocenters. The number of hydrogen-bond acceptors (Lipinski definition) is 6. The lowest BCUT2D eigenvalue weighted by atomic mass is 10.2. The molecule has 0 aliphatic heterocycles. The van der Waals surface area contributed by atoms with Gasteiger partial charge < -0.3 is 11.5 Å². The van der Waals surface area contributed by atoms with Gasteiger partial charge in [-0.05, 0) is 5.56 Å². The highest BCUT2D eigenvalue weighted by Gasteiger charge is 2.02. The maximum atomic E-state index is 5.47. The number of nitrogens with two attached hydrogens (primary N) is 2. The van der Waals surface area contributed by atoms with E-state index in [0.29, 0.717) is 5.16 Å². The molecular formula is C10H11N5S. The third-order valence-electron chi connectivity index (χ3n) is 1.86. The summed E-state index contributed by atoms with van der Waals surface area (Å²) >= 11 is 1.48. The highest BCUT2D eigenvalue weighted by molar-refractivity contribution is 7.98. The van der Waals surface area contributed by atoms with Crippen LogP contribution in [0.3, 0.4) is 0 Å². The number of nitrogens with zero attached hydrogens (tertiary/aromatic N) is 3. The quantitative estimate of drug-likeness (QED) is 0.777. The van der Waals surface area contributed by atoms with Gasteiger partial charge in [0.25, 0.3) is 0 Å². The average Bonchev–Trinajstić information content (AvgIpc) is 2.27. The summed E-state index contributed by atoms with van der Waals surface area (Å²) in [6.07, 6.45) is 0. The number of nitrogen functional groups attached to an aromatic ring is 2. The standard InChI is InChI=1S/C10H11N5S/c11-8-13-9(12)15-10(14-8)16-6-7-4-2-1-3-5-7/h1-5H,6H2,(H4,11,12,13,14,15). The number of benzene rings is 1. The Kier molecular flexibility index (Phi) is 3.21. The molecule has 0 fully saturated rings. The summed E-state index contributed by atoms with van der Waals surface area (Å²) in [6, 6.07) is 10.0. The molecule has 0 bridgehead atoms. The van der Waals surface area contributed by atoms with Crippen molar-refractivity contribution in [2.45, 2.75) is 10.9 Å². The topological polar surface area (TPSA) is 90.7 Å². The molecule has 16 heavy (non-hydrogen) atoms. The molecule has 0 amide bonds. The van der Waals surface area contributed by atoms with Crippen LogP contribution in [0.25, 0.3) is 0 Å². The van der Waals surface area contributed by atoms with Gasteiger partial charge in [0.15, 0.2) is 5.16 Å². The van der Waals surface area contributed by atoms with Crippen molar-refractivity contribution in [1.82, 2.24) is 15.0 Å². The van der Waals surface area contributed by atoms with Gasteiger partial charge in [-0.1, -0.05) is 42.1 Å². The summed E-state index contributed by atoms with van der Waals surface area (Å²) in [5.41, 5.74) is 12.1. The molecule has 0 aliphatic carbocycles. The van der Waals surface area contributed by atoms with Crippen molar-refractivity contribution in [2.24, 2.45) is 0 Å². The lowest BCUT2D eigenvalue weighted by Gasteiger charge is -2.01. The Bertz CT molecular complexity index is 454. The zero-order valence-electron chi connectivity index (χ0n) is 8.50. The molecule has 1 aromatic carbocycles. The lowest BCUT2D eigenvalue weighted by Crippen LogP contribution is -2.03. The van der Waals surface area contributed by atoms with Gasteiger partial charge >= 0.3 is 0 Å². The van der Waals surface area contributed by atoms with E-state index in [1.54, 1.807) is 0 Å². The summed E-state index contributed by atoms with van der Waals surface area (Å²) in [6.45, 7) is 0. The molecule has 0 aliphatic rings. The summed E-state index contributed by atoms with van der Waals surface area (Å²) in [5, 5.41) is 0.550. The first-order chi connectivity index (χ1) is 7.74. The number of thioether (sulfide) groups is 1. The third-order valence-corrected chi connectivity index (χ3v) is 2.78. The van der Waals surface area contributed by atoms with Gasteiger partial charge in [0.2, 0.25) is 11.9 Å². The van der Waals surface area contributed by atoms with E-state index in [4.69, 9.17) is 11.5 Å². The summed E-state index contributed by atoms with van der Waals surface area (Å²) in [4.78, 5) is 11.7. The molecule has 2 rings (SSSR count). The molecule has 1 heterocycles. The molecule has 2 aromatic rings. The van der Waals surface area contributed by atoms with Crippen LogP contribution in [-0.2, 0) is 5.75 Å². The maximum absolute atomic E-state index is 5.47. The van der Waals surface area contributed by atoms with Crippen molar-refractivity contribution in [3.8, 4) is 0 Å². The fourth-order valence-electron chi connectivity index (χ4n) is 1.18. The minimum atomic E-state index is 0.156. The number of anilines is 2. The van der Waals surface area contributed by atoms with Crippen LogP contribution in [0.4, 0.5) is 11.9 Å². The van der Waals surface area contributed by atoms with Crippen LogP contribution in [0.1, 0.15) is 5.56 Å². The van der Waals surface area contributed by atoms with Gasteiger partial charge in [-0.2, -0.15) is 15.0 Å². The maximum Gasteiger partial charge on any atom is 0.225 e. The van der Waals surface area contributed by atoms with Gasteiger partial charge in [0, 0.05) is 5.75 Å². The van der Waals surface area contributed by atoms with E-state index >= 15 is 0 Å². The molecule has 4 N–H and O–H groups in total. The predicted octanol–water partition coefficient (Wildman–Crippen LogP) is 1.33. The van der Waals surface area contributed by atoms with Crippen LogP contribution in [0.2, 0.25) is 0 Å². The minimum absolute atomic E-state index is 0.156. The highest BCUT2D eigenvalue weighted by Crippen LogP contribution is 2.19. The largest absolute Gasteiger partial charge is 0.368 e. The van der Waals surface area contributed by atoms with Crippen molar-refractivity contribution < 1.29 is 0 Å². The Morgan fingerprint density at radius 1 is 0.938 bits per heavy atom. The zero-order chi connectivity index (χ0) is 11.4. The third kappa shape index (κ3) is 2.83. The summed E-state index contributed by atoms with van der Waals surface area (Å²) < 4.78 is 0. The molecular weight excluding hydrogens is 222 g/mol. The first-order valence-corrected chi connectivity index (χ1v) is 5.66. The first kappa shape index (κ1) is 10.7. The second kappa shape index (κ2) is 4.80. The van der Waals surface area contributed by atoms with Crippen LogP contribution in [0.5, 0.6) is 0 Å². The Balaban J connectivity index is 2.05. The van der Waals surface area contributed by atoms with Gasteiger partial charge in [-0.15, -0.1) is 0 Å². The van der Waals surface area contributed by atoms with E-state index in [1.165, 1.54) is 17.3 Å². The van der Waals surface area contributed by atoms with E-state index in [0.717, 1.165) is 5.75 Å². The average molecular weight is 233 g/mol. The summed E-state index contributed by atoms with van der Waals surface area (Å²) in [7, 11) is 0. The monoisotopic (exact) mass is 233 g/mol. The lowest BCUT2D eigenvalue weighted by molar-refractivity contribution is 0.929. The fraction of sp³-hybridized carbons (Fsp3) is 0.100. The molecule has 0 atom stereocenters. The van der Waals surface area contributed by atoms with Crippen molar-refractivity contribution in [3.63, 3.8) is 0 Å². The van der Waals surface area contributed by atoms with Crippen LogP contribution < -0.4 is 11.5 Å². The number of hydrogen-bond donors (Lipinski definition) is 2. The van der Waals surface area contributed by atoms with E-state index in [-0.39, 0.29) is 11.9 Å². The second-order valence-corrected chi connectivity index (χ2v) is 4.05. The van der Waals surface area contributed by atoms with Gasteiger partial charge in [-0.25, -0.2) is 0 Å². The van der Waals surface area contributed by atoms with Crippen LogP contribution in [0, 0.1) is 0 Å². The molecule has 6 heteroatoms. The molecule has 1 aromatic heterocycles. The van der Waals surface area contributed by atoms with Gasteiger partial charge in [0.1, 0.15) is 0 Å². The zero-order valence-corrected chi connectivity index (χ0v) is 9.31. The second-order valence-electron chi connectivity index (χ2n) is 3.11. The van der Waals surface area contributed by atoms with Crippen LogP contribution >= 0.6 is 11.8 Å². The van der Waals surface area contributed by atoms with E-state index < -0.39 is 0 Å². The van der Waals surface area contributed by atoms with Gasteiger partial charge in [0.05, 0.1) is 0 Å². The van der Waals surface area contributed by atoms with Crippen molar-refractivity contribution in [1.29, 1.82) is 0 Å². The van der Waals surface area contributed by atoms with E-state index in [9.17, 15) is 0 Å². The minimum Gasteiger partial charge on any atom is -0.368 e. The van der Waals surface area contributed by atoms with Crippen LogP contribution in [-0.4, -0.2) is 15.0 Å². The molecule has 82 valence electrons. The molecule has 0 radical (unpaired) electrons. The first-order valence-electron chi connectivity index (χ1n) is 4.68. The van der Waals surface area contributed by atoms with E-state index in [2.05, 4.69) is 15.0 Å². The summed E-state index contributed by atoms with van der Waals surface area (Å²) in [5.74, 6) is 1.09. The number of rotatable bonds is 3. The Morgan fingerprint density at radius 3 is 2.19 bits per heavy atom. The smallest absolute Gasteiger partial charge is 0.225 e. The normalized spacial score (nSPS) is 10.2. The molecule has 0 spiro atoms. The fourth-order valence-corrected chi connectivity index (χ4v) is 1.98. The highest BCUT2D eigenvalue weighted by atomic mass is 32.2. The van der Waals surface area contributed by atoms with Crippen molar-refractivity contribution in [2.75, 3.05) is 11.5 Å². The van der Waals surface area contributed by atoms with E-state index in [1.807, 2.05) is 30.3 Å². The number of aromatic nitrogens is 3. The van der Waals surface area contributed by atoms with Gasteiger partial charge in [-0.3, -0.25) is 0 Å². The van der Waals surface area contributed by atoms with Crippen molar-refractivity contribution in [3.05, 3.63) is 35.9 Å². The van der Waals surface area contributed by atoms with Crippen LogP contribution in [0.15, 0.2) is 35.5 Å². The predicted molar refractivity (Wildman–Crippen MR) is 64.7 cm³/mol. The molecule has 0 saturated carbocycles. The SMILES string of the molecule is Nc1nc(N)nc(SCc2ccccc2)n1. The van der Waals surface area contributed by atoms with Crippen molar-refractivity contribution >= 4 is 23.7 Å². The molecule has 5 nitrogen and oxygen atoms in total. The molecule has 0 saturated heterocycles. The Hall–Kier alpha value is -1.82. The Labute approximate surface area is 97.3 Å². The Morgan fingerprint density at radius 2 is 1.56 bits per heavy atom.